The van der Waals surface area contributed by atoms with Crippen molar-refractivity contribution in [2.24, 2.45) is 0 Å². The Morgan fingerprint density at radius 2 is 1.72 bits per heavy atom. The number of amides is 3. The Morgan fingerprint density at radius 1 is 1.03 bits per heavy atom. The maximum Gasteiger partial charge on any atom is 0.328 e. The van der Waals surface area contributed by atoms with Gasteiger partial charge >= 0.3 is 5.97 Å². The molecule has 8 heteroatoms. The summed E-state index contributed by atoms with van der Waals surface area (Å²) < 4.78 is 5.30. The van der Waals surface area contributed by atoms with E-state index in [1.807, 2.05) is 37.3 Å². The van der Waals surface area contributed by atoms with Gasteiger partial charge in [-0.25, -0.2) is 4.79 Å². The molecular formula is C24H39N3O5. The average Bonchev–Trinajstić information content (AvgIpc) is 2.76. The predicted octanol–water partition coefficient (Wildman–Crippen LogP) is 2.22. The van der Waals surface area contributed by atoms with Crippen molar-refractivity contribution in [1.82, 2.24) is 16.0 Å². The van der Waals surface area contributed by atoms with Gasteiger partial charge in [0.2, 0.25) is 17.7 Å². The third-order valence-electron chi connectivity index (χ3n) is 4.55. The standard InChI is InChI=1S/C24H33N3O5.3H2/c1-5-7-14-20(26-18(4)28)23(30)25-17(3)22(29)27-21(24(31)32-15-8-6-2)16-19-12-10-9-11-13-19;;;/h9-13,17,20-21H,6,8,14-16H2,1-4H3,(H,25,30)(H,26,28)(H,27,29);3*1H/t17-,20?,21-;;;/m1.../s1. The Bertz CT molecular complexity index is 844. The van der Waals surface area contributed by atoms with Crippen LogP contribution in [-0.2, 0) is 30.3 Å². The number of carbonyl (C=O) groups excluding carboxylic acids is 4. The summed E-state index contributed by atoms with van der Waals surface area (Å²) in [5.74, 6) is 3.46. The first kappa shape index (κ1) is 26.7. The van der Waals surface area contributed by atoms with Crippen LogP contribution in [-0.4, -0.2) is 48.4 Å². The first-order valence-electron chi connectivity index (χ1n) is 10.8. The van der Waals surface area contributed by atoms with Crippen molar-refractivity contribution in [3.63, 3.8) is 0 Å². The van der Waals surface area contributed by atoms with Crippen LogP contribution >= 0.6 is 0 Å². The van der Waals surface area contributed by atoms with Crippen molar-refractivity contribution in [2.75, 3.05) is 6.61 Å². The van der Waals surface area contributed by atoms with Crippen LogP contribution in [0.4, 0.5) is 0 Å². The fraction of sp³-hybridized carbons (Fsp3) is 0.500. The molecule has 8 nitrogen and oxygen atoms in total. The summed E-state index contributed by atoms with van der Waals surface area (Å²) in [6, 6.07) is 6.57. The monoisotopic (exact) mass is 449 g/mol. The van der Waals surface area contributed by atoms with Gasteiger partial charge in [-0.3, -0.25) is 14.4 Å². The molecule has 0 saturated carbocycles. The Morgan fingerprint density at radius 3 is 2.31 bits per heavy atom. The molecule has 3 N–H and O–H groups in total. The van der Waals surface area contributed by atoms with Gasteiger partial charge in [-0.05, 0) is 25.8 Å². The number of carbonyl (C=O) groups is 4. The SMILES string of the molecule is CC#CCC(NC(C)=O)C(=O)N[C@H](C)C(=O)N[C@H](Cc1ccccc1)C(=O)OCCCC.[HH].[HH].[HH]. The topological polar surface area (TPSA) is 114 Å². The van der Waals surface area contributed by atoms with E-state index in [9.17, 15) is 19.2 Å². The van der Waals surface area contributed by atoms with Crippen molar-refractivity contribution in [2.45, 2.75) is 71.5 Å². The fourth-order valence-electron chi connectivity index (χ4n) is 2.80. The minimum Gasteiger partial charge on any atom is -0.464 e. The Kier molecular flexibility index (Phi) is 12.2. The zero-order valence-electron chi connectivity index (χ0n) is 19.2. The molecule has 0 aliphatic heterocycles. The van der Waals surface area contributed by atoms with Crippen molar-refractivity contribution in [1.29, 1.82) is 0 Å². The smallest absolute Gasteiger partial charge is 0.328 e. The largest absolute Gasteiger partial charge is 0.464 e. The third kappa shape index (κ3) is 10.1. The summed E-state index contributed by atoms with van der Waals surface area (Å²) >= 11 is 0. The molecule has 0 aliphatic carbocycles. The van der Waals surface area contributed by atoms with Crippen LogP contribution in [0, 0.1) is 11.8 Å². The summed E-state index contributed by atoms with van der Waals surface area (Å²) in [5.41, 5.74) is 0.866. The molecule has 0 aromatic heterocycles. The fourth-order valence-corrected chi connectivity index (χ4v) is 2.80. The highest BCUT2D eigenvalue weighted by Crippen LogP contribution is 2.06. The molecule has 0 heterocycles. The van der Waals surface area contributed by atoms with Gasteiger partial charge in [0.25, 0.3) is 0 Å². The molecule has 0 radical (unpaired) electrons. The second kappa shape index (κ2) is 14.6. The molecular weight excluding hydrogens is 410 g/mol. The van der Waals surface area contributed by atoms with Crippen LogP contribution in [0.5, 0.6) is 0 Å². The van der Waals surface area contributed by atoms with Gasteiger partial charge in [-0.2, -0.15) is 0 Å². The lowest BCUT2D eigenvalue weighted by atomic mass is 10.1. The minimum atomic E-state index is -0.935. The number of ether oxygens (including phenoxy) is 1. The highest BCUT2D eigenvalue weighted by Gasteiger charge is 2.27. The molecule has 32 heavy (non-hydrogen) atoms. The van der Waals surface area contributed by atoms with Crippen molar-refractivity contribution in [3.05, 3.63) is 35.9 Å². The second-order valence-corrected chi connectivity index (χ2v) is 7.39. The quantitative estimate of drug-likeness (QED) is 0.257. The van der Waals surface area contributed by atoms with Crippen LogP contribution < -0.4 is 16.0 Å². The zero-order chi connectivity index (χ0) is 23.9. The lowest BCUT2D eigenvalue weighted by Crippen LogP contribution is -2.55. The molecule has 0 saturated heterocycles. The molecule has 1 aromatic rings. The van der Waals surface area contributed by atoms with Crippen LogP contribution in [0.15, 0.2) is 30.3 Å². The van der Waals surface area contributed by atoms with Gasteiger partial charge in [0, 0.05) is 24.0 Å². The Balaban J connectivity index is -0.00000341. The van der Waals surface area contributed by atoms with Gasteiger partial charge in [0.05, 0.1) is 6.61 Å². The van der Waals surface area contributed by atoms with E-state index < -0.39 is 35.9 Å². The number of esters is 1. The summed E-state index contributed by atoms with van der Waals surface area (Å²) in [7, 11) is 0. The van der Waals surface area contributed by atoms with Crippen LogP contribution in [0.3, 0.4) is 0 Å². The number of unbranched alkanes of at least 4 members (excludes halogenated alkanes) is 1. The first-order chi connectivity index (χ1) is 15.3. The van der Waals surface area contributed by atoms with Crippen molar-refractivity contribution in [3.8, 4) is 11.8 Å². The van der Waals surface area contributed by atoms with E-state index in [1.165, 1.54) is 13.8 Å². The Labute approximate surface area is 194 Å². The van der Waals surface area contributed by atoms with E-state index in [4.69, 9.17) is 4.74 Å². The van der Waals surface area contributed by atoms with Gasteiger partial charge < -0.3 is 20.7 Å². The number of benzene rings is 1. The molecule has 0 bridgehead atoms. The zero-order valence-corrected chi connectivity index (χ0v) is 19.2. The highest BCUT2D eigenvalue weighted by molar-refractivity contribution is 5.93. The maximum absolute atomic E-state index is 12.7. The van der Waals surface area contributed by atoms with Crippen molar-refractivity contribution < 1.29 is 28.2 Å². The van der Waals surface area contributed by atoms with Crippen LogP contribution in [0.1, 0.15) is 56.8 Å². The Hall–Kier alpha value is -3.34. The van der Waals surface area contributed by atoms with E-state index in [2.05, 4.69) is 27.8 Å². The number of hydrogen-bond donors (Lipinski definition) is 3. The summed E-state index contributed by atoms with van der Waals surface area (Å²) in [4.78, 5) is 49.2. The lowest BCUT2D eigenvalue weighted by molar-refractivity contribution is -0.148. The molecule has 1 unspecified atom stereocenters. The van der Waals surface area contributed by atoms with Crippen LogP contribution in [0.2, 0.25) is 0 Å². The number of rotatable bonds is 12. The second-order valence-electron chi connectivity index (χ2n) is 7.39. The lowest BCUT2D eigenvalue weighted by Gasteiger charge is -2.22. The summed E-state index contributed by atoms with van der Waals surface area (Å²) in [5, 5.41) is 7.77. The van der Waals surface area contributed by atoms with Gasteiger partial charge in [-0.15, -0.1) is 11.8 Å². The normalized spacial score (nSPS) is 12.9. The predicted molar refractivity (Wildman–Crippen MR) is 128 cm³/mol. The van der Waals surface area contributed by atoms with E-state index in [-0.39, 0.29) is 29.6 Å². The molecule has 3 atom stereocenters. The third-order valence-corrected chi connectivity index (χ3v) is 4.55. The molecule has 0 fully saturated rings. The van der Waals surface area contributed by atoms with E-state index in [0.29, 0.717) is 0 Å². The summed E-state index contributed by atoms with van der Waals surface area (Å²) in [6.45, 7) is 6.70. The minimum absolute atomic E-state index is 0. The van der Waals surface area contributed by atoms with Gasteiger partial charge in [0.15, 0.2) is 0 Å². The number of hydrogen-bond acceptors (Lipinski definition) is 5. The molecule has 3 amide bonds. The number of nitrogens with one attached hydrogen (secondary N) is 3. The van der Waals surface area contributed by atoms with E-state index >= 15 is 0 Å². The first-order valence-corrected chi connectivity index (χ1v) is 10.8. The van der Waals surface area contributed by atoms with E-state index in [0.717, 1.165) is 18.4 Å². The van der Waals surface area contributed by atoms with Crippen molar-refractivity contribution >= 4 is 23.7 Å². The molecule has 180 valence electrons. The highest BCUT2D eigenvalue weighted by atomic mass is 16.5. The molecule has 1 aromatic carbocycles. The van der Waals surface area contributed by atoms with Gasteiger partial charge in [-0.1, -0.05) is 43.7 Å². The van der Waals surface area contributed by atoms with E-state index in [1.54, 1.807) is 6.92 Å². The van der Waals surface area contributed by atoms with Crippen LogP contribution in [0.25, 0.3) is 0 Å². The molecule has 0 aliphatic rings. The maximum atomic E-state index is 12.7. The molecule has 0 spiro atoms. The summed E-state index contributed by atoms with van der Waals surface area (Å²) in [6.07, 6.45) is 1.99. The molecule has 1 rings (SSSR count). The average molecular weight is 450 g/mol. The van der Waals surface area contributed by atoms with Gasteiger partial charge in [0.1, 0.15) is 18.1 Å².